The summed E-state index contributed by atoms with van der Waals surface area (Å²) in [6.07, 6.45) is 1.70. The molecule has 14 heavy (non-hydrogen) atoms. The molecular formula is C8H11F2N3O. The molecule has 78 valence electrons. The van der Waals surface area contributed by atoms with Gasteiger partial charge in [0.25, 0.3) is 5.89 Å². The van der Waals surface area contributed by atoms with Crippen molar-refractivity contribution in [3.8, 4) is 0 Å². The van der Waals surface area contributed by atoms with Crippen LogP contribution in [0, 0.1) is 0 Å². The molecule has 4 nitrogen and oxygen atoms in total. The van der Waals surface area contributed by atoms with E-state index in [0.717, 1.165) is 25.7 Å². The van der Waals surface area contributed by atoms with Gasteiger partial charge in [-0.1, -0.05) is 17.9 Å². The molecule has 1 heterocycles. The third-order valence-corrected chi connectivity index (χ3v) is 2.31. The quantitative estimate of drug-likeness (QED) is 0.819. The van der Waals surface area contributed by atoms with Gasteiger partial charge < -0.3 is 9.73 Å². The van der Waals surface area contributed by atoms with Gasteiger partial charge in [-0.25, -0.2) is 0 Å². The fourth-order valence-corrected chi connectivity index (χ4v) is 1.63. The summed E-state index contributed by atoms with van der Waals surface area (Å²) in [5.74, 6) is -0.620. The van der Waals surface area contributed by atoms with Crippen molar-refractivity contribution in [3.63, 3.8) is 0 Å². The highest BCUT2D eigenvalue weighted by atomic mass is 19.3. The first-order valence-electron chi connectivity index (χ1n) is 4.64. The third-order valence-electron chi connectivity index (χ3n) is 2.31. The van der Waals surface area contributed by atoms with Gasteiger partial charge in [0.2, 0.25) is 0 Å². The Labute approximate surface area is 79.7 Å². The summed E-state index contributed by atoms with van der Waals surface area (Å²) in [5, 5.41) is 9.66. The highest BCUT2D eigenvalue weighted by molar-refractivity contribution is 5.20. The maximum absolute atomic E-state index is 12.1. The zero-order valence-electron chi connectivity index (χ0n) is 7.54. The number of aromatic nitrogens is 2. The number of hydrogen-bond donors (Lipinski definition) is 1. The van der Waals surface area contributed by atoms with Crippen LogP contribution in [0.5, 0.6) is 0 Å². The van der Waals surface area contributed by atoms with Gasteiger partial charge in [0.1, 0.15) is 0 Å². The van der Waals surface area contributed by atoms with Crippen LogP contribution in [-0.2, 0) is 0 Å². The largest absolute Gasteiger partial charge is 0.402 e. The topological polar surface area (TPSA) is 51.0 Å². The minimum absolute atomic E-state index is 0.104. The lowest BCUT2D eigenvalue weighted by atomic mass is 10.3. The second-order valence-corrected chi connectivity index (χ2v) is 3.37. The van der Waals surface area contributed by atoms with E-state index in [2.05, 4.69) is 15.5 Å². The number of rotatable bonds is 3. The molecular weight excluding hydrogens is 192 g/mol. The molecule has 0 radical (unpaired) electrons. The van der Waals surface area contributed by atoms with Crippen LogP contribution >= 0.6 is 0 Å². The van der Waals surface area contributed by atoms with Crippen molar-refractivity contribution in [1.82, 2.24) is 10.2 Å². The van der Waals surface area contributed by atoms with Crippen molar-refractivity contribution < 1.29 is 13.2 Å². The Morgan fingerprint density at radius 3 is 2.57 bits per heavy atom. The van der Waals surface area contributed by atoms with Crippen LogP contribution in [0.1, 0.15) is 38.0 Å². The van der Waals surface area contributed by atoms with Crippen LogP contribution < -0.4 is 5.32 Å². The van der Waals surface area contributed by atoms with Gasteiger partial charge in [-0.3, -0.25) is 0 Å². The van der Waals surface area contributed by atoms with Gasteiger partial charge >= 0.3 is 12.4 Å². The van der Waals surface area contributed by atoms with E-state index in [1.54, 1.807) is 0 Å². The van der Waals surface area contributed by atoms with Gasteiger partial charge in [0.15, 0.2) is 0 Å². The summed E-state index contributed by atoms with van der Waals surface area (Å²) in [5.41, 5.74) is 0. The molecule has 2 rings (SSSR count). The van der Waals surface area contributed by atoms with E-state index >= 15 is 0 Å². The average Bonchev–Trinajstić information content (AvgIpc) is 2.75. The Morgan fingerprint density at radius 1 is 1.29 bits per heavy atom. The highest BCUT2D eigenvalue weighted by Crippen LogP contribution is 2.23. The second-order valence-electron chi connectivity index (χ2n) is 3.37. The Kier molecular flexibility index (Phi) is 2.60. The van der Waals surface area contributed by atoms with E-state index in [0.29, 0.717) is 6.04 Å². The molecule has 0 atom stereocenters. The lowest BCUT2D eigenvalue weighted by Gasteiger charge is -2.07. The van der Waals surface area contributed by atoms with Gasteiger partial charge in [0, 0.05) is 6.04 Å². The number of anilines is 1. The maximum atomic E-state index is 12.1. The van der Waals surface area contributed by atoms with Gasteiger partial charge in [0.05, 0.1) is 0 Å². The van der Waals surface area contributed by atoms with E-state index in [9.17, 15) is 8.78 Å². The van der Waals surface area contributed by atoms with Gasteiger partial charge in [-0.15, -0.1) is 5.10 Å². The molecule has 1 fully saturated rings. The van der Waals surface area contributed by atoms with E-state index in [1.165, 1.54) is 0 Å². The molecule has 1 aliphatic rings. The van der Waals surface area contributed by atoms with Crippen LogP contribution in [0.25, 0.3) is 0 Å². The smallest absolute Gasteiger partial charge is 0.315 e. The number of nitrogens with zero attached hydrogens (tertiary/aromatic N) is 2. The minimum atomic E-state index is -2.69. The molecule has 6 heteroatoms. The van der Waals surface area contributed by atoms with Crippen LogP contribution in [0.4, 0.5) is 14.8 Å². The predicted molar refractivity (Wildman–Crippen MR) is 45.1 cm³/mol. The zero-order valence-corrected chi connectivity index (χ0v) is 7.54. The van der Waals surface area contributed by atoms with Crippen molar-refractivity contribution in [1.29, 1.82) is 0 Å². The molecule has 0 saturated heterocycles. The molecule has 1 aromatic rings. The third kappa shape index (κ3) is 2.00. The summed E-state index contributed by atoms with van der Waals surface area (Å²) >= 11 is 0. The molecule has 0 aromatic carbocycles. The molecule has 0 bridgehead atoms. The van der Waals surface area contributed by atoms with Crippen molar-refractivity contribution in [2.45, 2.75) is 38.2 Å². The van der Waals surface area contributed by atoms with Crippen molar-refractivity contribution >= 4 is 6.01 Å². The SMILES string of the molecule is FC(F)c1nnc(NC2CCCC2)o1. The molecule has 1 aliphatic carbocycles. The van der Waals surface area contributed by atoms with Gasteiger partial charge in [-0.05, 0) is 12.8 Å². The van der Waals surface area contributed by atoms with Crippen LogP contribution in [0.15, 0.2) is 4.42 Å². The van der Waals surface area contributed by atoms with Crippen LogP contribution in [0.2, 0.25) is 0 Å². The van der Waals surface area contributed by atoms with E-state index < -0.39 is 12.3 Å². The number of nitrogens with one attached hydrogen (secondary N) is 1. The Morgan fingerprint density at radius 2 is 2.00 bits per heavy atom. The van der Waals surface area contributed by atoms with Crippen LogP contribution in [0.3, 0.4) is 0 Å². The molecule has 1 aromatic heterocycles. The van der Waals surface area contributed by atoms with Crippen LogP contribution in [-0.4, -0.2) is 16.2 Å². The highest BCUT2D eigenvalue weighted by Gasteiger charge is 2.20. The van der Waals surface area contributed by atoms with E-state index in [4.69, 9.17) is 4.42 Å². The second kappa shape index (κ2) is 3.89. The van der Waals surface area contributed by atoms with Crippen molar-refractivity contribution in [3.05, 3.63) is 5.89 Å². The number of halogens is 2. The molecule has 0 amide bonds. The Hall–Kier alpha value is -1.20. The number of alkyl halides is 2. The Bertz CT molecular complexity index is 297. The number of hydrogen-bond acceptors (Lipinski definition) is 4. The summed E-state index contributed by atoms with van der Waals surface area (Å²) in [6.45, 7) is 0. The maximum Gasteiger partial charge on any atom is 0.315 e. The Balaban J connectivity index is 1.95. The minimum Gasteiger partial charge on any atom is -0.402 e. The predicted octanol–water partition coefficient (Wildman–Crippen LogP) is 2.36. The standard InChI is InChI=1S/C8H11F2N3O/c9-6(10)7-12-13-8(14-7)11-5-3-1-2-4-5/h5-6H,1-4H2,(H,11,13). The van der Waals surface area contributed by atoms with Crippen molar-refractivity contribution in [2.75, 3.05) is 5.32 Å². The zero-order chi connectivity index (χ0) is 9.97. The summed E-state index contributed by atoms with van der Waals surface area (Å²) in [4.78, 5) is 0. The molecule has 1 saturated carbocycles. The normalized spacial score (nSPS) is 17.9. The van der Waals surface area contributed by atoms with E-state index in [1.807, 2.05) is 0 Å². The average molecular weight is 203 g/mol. The first-order valence-corrected chi connectivity index (χ1v) is 4.64. The fraction of sp³-hybridized carbons (Fsp3) is 0.750. The molecule has 0 aliphatic heterocycles. The van der Waals surface area contributed by atoms with E-state index in [-0.39, 0.29) is 6.01 Å². The molecule has 0 spiro atoms. The fourth-order valence-electron chi connectivity index (χ4n) is 1.63. The van der Waals surface area contributed by atoms with Gasteiger partial charge in [-0.2, -0.15) is 8.78 Å². The molecule has 1 N–H and O–H groups in total. The first kappa shape index (κ1) is 9.36. The summed E-state index contributed by atoms with van der Waals surface area (Å²) < 4.78 is 28.9. The lowest BCUT2D eigenvalue weighted by Crippen LogP contribution is -2.14. The summed E-state index contributed by atoms with van der Waals surface area (Å²) in [7, 11) is 0. The lowest BCUT2D eigenvalue weighted by molar-refractivity contribution is 0.116. The summed E-state index contributed by atoms with van der Waals surface area (Å²) in [6, 6.07) is 0.396. The monoisotopic (exact) mass is 203 g/mol. The first-order chi connectivity index (χ1) is 6.75. The van der Waals surface area contributed by atoms with Crippen molar-refractivity contribution in [2.24, 2.45) is 0 Å². The molecule has 0 unspecified atom stereocenters.